The van der Waals surface area contributed by atoms with Crippen molar-refractivity contribution in [2.45, 2.75) is 535 Å². The summed E-state index contributed by atoms with van der Waals surface area (Å²) in [6, 6.07) is 0. The lowest BCUT2D eigenvalue weighted by atomic mass is 9.99. The highest BCUT2D eigenvalue weighted by Gasteiger charge is 2.31. The number of carbonyl (C=O) groups excluding carboxylic acids is 4. The second kappa shape index (κ2) is 86.0. The SMILES string of the molecule is CCCCCCCCCCCCCCCCCCCC(=O)O[C@H](COC(=O)CCCCCCCCCCCCCCC)COP(=O)(O)OC[C@H](O)COP(=O)(O)OC[C@@H](COC(=O)CCCCCCCCCCCCCCCCCCCCC(C)CC)OC(=O)CCCCCCCCCCCCCCCCCCCCC(C)CC. The Morgan fingerprint density at radius 1 is 0.246 bits per heavy atom. The van der Waals surface area contributed by atoms with Crippen LogP contribution < -0.4 is 0 Å². The summed E-state index contributed by atoms with van der Waals surface area (Å²) >= 11 is 0. The van der Waals surface area contributed by atoms with E-state index >= 15 is 0 Å². The van der Waals surface area contributed by atoms with Crippen molar-refractivity contribution in [3.8, 4) is 0 Å². The van der Waals surface area contributed by atoms with Gasteiger partial charge in [0.25, 0.3) is 0 Å². The first-order chi connectivity index (χ1) is 55.4. The highest BCUT2D eigenvalue weighted by Crippen LogP contribution is 2.45. The van der Waals surface area contributed by atoms with E-state index in [1.54, 1.807) is 0 Å². The molecule has 7 atom stereocenters. The second-order valence-corrected chi connectivity index (χ2v) is 37.5. The van der Waals surface area contributed by atoms with E-state index in [-0.39, 0.29) is 25.7 Å². The fourth-order valence-corrected chi connectivity index (χ4v) is 16.5. The van der Waals surface area contributed by atoms with Gasteiger partial charge >= 0.3 is 39.5 Å². The monoisotopic (exact) mass is 1660 g/mol. The predicted octanol–water partition coefficient (Wildman–Crippen LogP) is 29.7. The van der Waals surface area contributed by atoms with Gasteiger partial charge in [-0.1, -0.05) is 465 Å². The summed E-state index contributed by atoms with van der Waals surface area (Å²) in [4.78, 5) is 73.6. The number of aliphatic hydroxyl groups is 1. The smallest absolute Gasteiger partial charge is 0.462 e. The summed E-state index contributed by atoms with van der Waals surface area (Å²) in [5, 5.41) is 10.7. The molecule has 0 amide bonds. The zero-order valence-corrected chi connectivity index (χ0v) is 77.2. The number of carbonyl (C=O) groups is 4. The highest BCUT2D eigenvalue weighted by atomic mass is 31.2. The third-order valence-electron chi connectivity index (χ3n) is 23.2. The Labute approximate surface area is 702 Å². The molecule has 0 aliphatic carbocycles. The van der Waals surface area contributed by atoms with E-state index in [9.17, 15) is 43.2 Å². The predicted molar refractivity (Wildman–Crippen MR) is 474 cm³/mol. The molecule has 17 nitrogen and oxygen atoms in total. The van der Waals surface area contributed by atoms with Gasteiger partial charge < -0.3 is 33.8 Å². The van der Waals surface area contributed by atoms with Crippen molar-refractivity contribution in [3.05, 3.63) is 0 Å². The van der Waals surface area contributed by atoms with Crippen molar-refractivity contribution in [1.82, 2.24) is 0 Å². The van der Waals surface area contributed by atoms with Gasteiger partial charge in [0.15, 0.2) is 12.2 Å². The number of ether oxygens (including phenoxy) is 4. The molecule has 0 aromatic carbocycles. The number of unbranched alkanes of at least 4 members (excludes halogenated alkanes) is 62. The van der Waals surface area contributed by atoms with Crippen LogP contribution in [0.15, 0.2) is 0 Å². The number of phosphoric ester groups is 2. The van der Waals surface area contributed by atoms with Gasteiger partial charge in [0.1, 0.15) is 19.3 Å². The van der Waals surface area contributed by atoms with E-state index in [4.69, 9.17) is 37.0 Å². The molecule has 0 spiro atoms. The van der Waals surface area contributed by atoms with Gasteiger partial charge in [-0.3, -0.25) is 37.3 Å². The number of phosphoric acid groups is 2. The fraction of sp³-hybridized carbons (Fsp3) is 0.958. The van der Waals surface area contributed by atoms with E-state index in [0.29, 0.717) is 25.7 Å². The number of esters is 4. The first kappa shape index (κ1) is 112. The van der Waals surface area contributed by atoms with Crippen LogP contribution in [0.4, 0.5) is 0 Å². The van der Waals surface area contributed by atoms with Crippen molar-refractivity contribution in [1.29, 1.82) is 0 Å². The maximum absolute atomic E-state index is 13.2. The lowest BCUT2D eigenvalue weighted by Gasteiger charge is -2.21. The molecule has 19 heteroatoms. The summed E-state index contributed by atoms with van der Waals surface area (Å²) in [5.41, 5.74) is 0. The van der Waals surface area contributed by atoms with Crippen LogP contribution in [-0.4, -0.2) is 96.7 Å². The molecule has 3 N–H and O–H groups in total. The Hall–Kier alpha value is -1.94. The molecule has 678 valence electrons. The normalized spacial score (nSPS) is 14.1. The van der Waals surface area contributed by atoms with E-state index in [0.717, 1.165) is 102 Å². The van der Waals surface area contributed by atoms with Gasteiger partial charge in [0.2, 0.25) is 0 Å². The van der Waals surface area contributed by atoms with Crippen LogP contribution in [0.25, 0.3) is 0 Å². The number of rotatable bonds is 94. The van der Waals surface area contributed by atoms with Gasteiger partial charge in [0, 0.05) is 25.7 Å². The average Bonchev–Trinajstić information content (AvgIpc) is 0.899. The first-order valence-corrected chi connectivity index (χ1v) is 52.1. The molecule has 0 saturated heterocycles. The van der Waals surface area contributed by atoms with Crippen LogP contribution in [0.3, 0.4) is 0 Å². The van der Waals surface area contributed by atoms with Crippen LogP contribution in [0, 0.1) is 11.8 Å². The minimum absolute atomic E-state index is 0.109. The zero-order valence-electron chi connectivity index (χ0n) is 75.4. The van der Waals surface area contributed by atoms with Crippen molar-refractivity contribution in [2.75, 3.05) is 39.6 Å². The minimum Gasteiger partial charge on any atom is -0.462 e. The van der Waals surface area contributed by atoms with Gasteiger partial charge in [-0.2, -0.15) is 0 Å². The number of aliphatic hydroxyl groups excluding tert-OH is 1. The quantitative estimate of drug-likeness (QED) is 0.0222. The summed E-state index contributed by atoms with van der Waals surface area (Å²) < 4.78 is 69.2. The summed E-state index contributed by atoms with van der Waals surface area (Å²) in [5.74, 6) is -0.344. The molecule has 0 bridgehead atoms. The molecule has 0 radical (unpaired) electrons. The van der Waals surface area contributed by atoms with Crippen molar-refractivity contribution >= 4 is 39.5 Å². The molecule has 0 rings (SSSR count). The van der Waals surface area contributed by atoms with Crippen LogP contribution in [-0.2, 0) is 65.4 Å². The molecule has 0 fully saturated rings. The summed E-state index contributed by atoms with van der Waals surface area (Å²) in [6.45, 7) is 9.87. The maximum atomic E-state index is 13.2. The standard InChI is InChI=1S/C95H186O17P2/c1-7-11-13-15-17-19-21-23-24-29-37-43-49-55-61-67-73-79-94(99)111-90(83-105-92(97)77-71-65-59-53-47-39-22-20-18-16-14-12-8-2)85-109-113(101,102)107-81-89(96)82-108-114(103,104)110-86-91(112-95(100)80-74-68-62-56-50-44-38-33-28-26-31-35-41-46-52-58-64-70-76-88(6)10-4)84-106-93(98)78-72-66-60-54-48-42-36-32-27-25-30-34-40-45-51-57-63-69-75-87(5)9-3/h87-91,96H,7-86H2,1-6H3,(H,101,102)(H,103,104)/t87?,88?,89-,90+,91+/m0/s1. The van der Waals surface area contributed by atoms with Crippen LogP contribution >= 0.6 is 15.6 Å². The fourth-order valence-electron chi connectivity index (χ4n) is 14.9. The van der Waals surface area contributed by atoms with Crippen LogP contribution in [0.1, 0.15) is 517 Å². The summed E-state index contributed by atoms with van der Waals surface area (Å²) in [6.07, 6.45) is 81.9. The Morgan fingerprint density at radius 3 is 0.623 bits per heavy atom. The number of hydrogen-bond donors (Lipinski definition) is 3. The van der Waals surface area contributed by atoms with Crippen molar-refractivity contribution in [3.63, 3.8) is 0 Å². The summed E-state index contributed by atoms with van der Waals surface area (Å²) in [7, 11) is -9.94. The first-order valence-electron chi connectivity index (χ1n) is 49.1. The highest BCUT2D eigenvalue weighted by molar-refractivity contribution is 7.47. The van der Waals surface area contributed by atoms with Crippen molar-refractivity contribution in [2.24, 2.45) is 11.8 Å². The third-order valence-corrected chi connectivity index (χ3v) is 25.1. The molecule has 4 unspecified atom stereocenters. The molecule has 0 saturated carbocycles. The largest absolute Gasteiger partial charge is 0.472 e. The van der Waals surface area contributed by atoms with E-state index < -0.39 is 97.5 Å². The Balaban J connectivity index is 5.25. The lowest BCUT2D eigenvalue weighted by molar-refractivity contribution is -0.161. The minimum atomic E-state index is -4.97. The Bertz CT molecular complexity index is 2170. The molecule has 0 aliphatic heterocycles. The molecule has 0 aromatic heterocycles. The Morgan fingerprint density at radius 2 is 0.421 bits per heavy atom. The number of hydrogen-bond acceptors (Lipinski definition) is 15. The van der Waals surface area contributed by atoms with Crippen LogP contribution in [0.2, 0.25) is 0 Å². The van der Waals surface area contributed by atoms with Crippen molar-refractivity contribution < 1.29 is 80.2 Å². The van der Waals surface area contributed by atoms with Gasteiger partial charge in [-0.25, -0.2) is 9.13 Å². The van der Waals surface area contributed by atoms with Gasteiger partial charge in [-0.15, -0.1) is 0 Å². The van der Waals surface area contributed by atoms with E-state index in [1.807, 2.05) is 0 Å². The molecule has 0 aromatic rings. The van der Waals surface area contributed by atoms with E-state index in [2.05, 4.69) is 41.5 Å². The zero-order chi connectivity index (χ0) is 83.4. The molecule has 114 heavy (non-hydrogen) atoms. The van der Waals surface area contributed by atoms with Crippen LogP contribution in [0.5, 0.6) is 0 Å². The van der Waals surface area contributed by atoms with Gasteiger partial charge in [0.05, 0.1) is 26.4 Å². The van der Waals surface area contributed by atoms with Gasteiger partial charge in [-0.05, 0) is 37.5 Å². The average molecular weight is 1660 g/mol. The second-order valence-electron chi connectivity index (χ2n) is 34.6. The molecular weight excluding hydrogens is 1470 g/mol. The third kappa shape index (κ3) is 85.1. The molecular formula is C95H186O17P2. The topological polar surface area (TPSA) is 237 Å². The lowest BCUT2D eigenvalue weighted by Crippen LogP contribution is -2.30. The van der Waals surface area contributed by atoms with E-state index in [1.165, 1.54) is 334 Å². The maximum Gasteiger partial charge on any atom is 0.472 e. The Kier molecular flexibility index (Phi) is 84.6. The molecule has 0 aliphatic rings. The molecule has 0 heterocycles.